The maximum absolute atomic E-state index is 13.3. The lowest BCUT2D eigenvalue weighted by Crippen LogP contribution is -2.35. The molecule has 1 unspecified atom stereocenters. The van der Waals surface area contributed by atoms with Gasteiger partial charge in [0, 0.05) is 25.6 Å². The highest BCUT2D eigenvalue weighted by atomic mass is 16.2. The summed E-state index contributed by atoms with van der Waals surface area (Å²) in [6, 6.07) is 8.23. The van der Waals surface area contributed by atoms with E-state index in [9.17, 15) is 4.79 Å². The molecule has 1 amide bonds. The predicted octanol–water partition coefficient (Wildman–Crippen LogP) is 4.36. The van der Waals surface area contributed by atoms with Crippen molar-refractivity contribution in [1.29, 1.82) is 0 Å². The number of hydrogen-bond acceptors (Lipinski definition) is 3. The molecule has 1 aliphatic heterocycles. The number of nitrogens with zero attached hydrogens (tertiary/aromatic N) is 4. The molecule has 0 N–H and O–H groups in total. The second kappa shape index (κ2) is 8.29. The number of carbonyl (C=O) groups is 1. The highest BCUT2D eigenvalue weighted by Gasteiger charge is 2.50. The van der Waals surface area contributed by atoms with E-state index in [-0.39, 0.29) is 11.3 Å². The molecule has 1 saturated carbocycles. The van der Waals surface area contributed by atoms with E-state index >= 15 is 0 Å². The van der Waals surface area contributed by atoms with Crippen LogP contribution in [0.2, 0.25) is 0 Å². The number of benzene rings is 1. The molecule has 1 spiro atoms. The molecular weight excluding hydrogens is 360 g/mol. The van der Waals surface area contributed by atoms with Gasteiger partial charge in [-0.1, -0.05) is 57.4 Å². The first kappa shape index (κ1) is 20.1. The fourth-order valence-electron chi connectivity index (χ4n) is 5.43. The van der Waals surface area contributed by atoms with Crippen LogP contribution in [-0.4, -0.2) is 38.7 Å². The van der Waals surface area contributed by atoms with Crippen molar-refractivity contribution in [3.05, 3.63) is 47.5 Å². The van der Waals surface area contributed by atoms with Crippen molar-refractivity contribution >= 4 is 5.91 Å². The molecule has 5 nitrogen and oxygen atoms in total. The molecule has 1 aliphatic carbocycles. The van der Waals surface area contributed by atoms with Crippen molar-refractivity contribution in [2.24, 2.45) is 11.3 Å². The number of likely N-dealkylation sites (tertiary alicyclic amines) is 1. The molecule has 1 aromatic carbocycles. The summed E-state index contributed by atoms with van der Waals surface area (Å²) >= 11 is 0. The SMILES string of the molecule is Cc1ccccc1CC(=O)N1CC(c2nncn2CC(C)C)C2(CCCCC2)C1. The average molecular weight is 395 g/mol. The fraction of sp³-hybridized carbons (Fsp3) is 0.625. The van der Waals surface area contributed by atoms with Crippen LogP contribution in [0.25, 0.3) is 0 Å². The van der Waals surface area contributed by atoms with Crippen LogP contribution in [-0.2, 0) is 17.8 Å². The van der Waals surface area contributed by atoms with E-state index in [1.54, 1.807) is 0 Å². The van der Waals surface area contributed by atoms with Crippen molar-refractivity contribution < 1.29 is 4.79 Å². The van der Waals surface area contributed by atoms with E-state index in [0.29, 0.717) is 18.3 Å². The second-order valence-electron chi connectivity index (χ2n) is 9.59. The minimum Gasteiger partial charge on any atom is -0.341 e. The summed E-state index contributed by atoms with van der Waals surface area (Å²) in [5.74, 6) is 2.19. The Hall–Kier alpha value is -2.17. The molecule has 1 atom stereocenters. The molecule has 156 valence electrons. The molecular formula is C24H34N4O. The topological polar surface area (TPSA) is 51.0 Å². The molecule has 2 heterocycles. The second-order valence-corrected chi connectivity index (χ2v) is 9.59. The monoisotopic (exact) mass is 394 g/mol. The van der Waals surface area contributed by atoms with E-state index in [1.807, 2.05) is 18.5 Å². The van der Waals surface area contributed by atoms with Crippen LogP contribution in [0, 0.1) is 18.3 Å². The van der Waals surface area contributed by atoms with Crippen LogP contribution in [0.5, 0.6) is 0 Å². The molecule has 1 saturated heterocycles. The zero-order valence-corrected chi connectivity index (χ0v) is 18.1. The quantitative estimate of drug-likeness (QED) is 0.757. The van der Waals surface area contributed by atoms with Crippen LogP contribution in [0.3, 0.4) is 0 Å². The molecule has 2 aliphatic rings. The lowest BCUT2D eigenvalue weighted by Gasteiger charge is -2.37. The largest absolute Gasteiger partial charge is 0.341 e. The summed E-state index contributed by atoms with van der Waals surface area (Å²) in [4.78, 5) is 15.4. The first-order valence-electron chi connectivity index (χ1n) is 11.2. The minimum absolute atomic E-state index is 0.168. The number of hydrogen-bond donors (Lipinski definition) is 0. The summed E-state index contributed by atoms with van der Waals surface area (Å²) in [7, 11) is 0. The molecule has 5 heteroatoms. The third kappa shape index (κ3) is 4.10. The summed E-state index contributed by atoms with van der Waals surface area (Å²) in [5, 5.41) is 8.82. The molecule has 2 aromatic rings. The Kier molecular flexibility index (Phi) is 5.75. The Morgan fingerprint density at radius 3 is 2.69 bits per heavy atom. The highest BCUT2D eigenvalue weighted by Crippen LogP contribution is 2.51. The van der Waals surface area contributed by atoms with Gasteiger partial charge in [-0.2, -0.15) is 0 Å². The van der Waals surface area contributed by atoms with Gasteiger partial charge in [0.15, 0.2) is 0 Å². The summed E-state index contributed by atoms with van der Waals surface area (Å²) in [6.45, 7) is 9.14. The smallest absolute Gasteiger partial charge is 0.227 e. The predicted molar refractivity (Wildman–Crippen MR) is 115 cm³/mol. The van der Waals surface area contributed by atoms with Crippen molar-refractivity contribution in [3.8, 4) is 0 Å². The van der Waals surface area contributed by atoms with Gasteiger partial charge < -0.3 is 9.47 Å². The first-order valence-corrected chi connectivity index (χ1v) is 11.2. The van der Waals surface area contributed by atoms with Gasteiger partial charge in [0.05, 0.1) is 6.42 Å². The number of rotatable bonds is 5. The van der Waals surface area contributed by atoms with E-state index in [0.717, 1.165) is 31.0 Å². The third-order valence-corrected chi connectivity index (χ3v) is 6.97. The molecule has 29 heavy (non-hydrogen) atoms. The maximum Gasteiger partial charge on any atom is 0.227 e. The summed E-state index contributed by atoms with van der Waals surface area (Å²) in [5.41, 5.74) is 2.50. The lowest BCUT2D eigenvalue weighted by atomic mass is 9.67. The maximum atomic E-state index is 13.3. The minimum atomic E-state index is 0.168. The van der Waals surface area contributed by atoms with Crippen LogP contribution < -0.4 is 0 Å². The van der Waals surface area contributed by atoms with Crippen LogP contribution >= 0.6 is 0 Å². The molecule has 0 radical (unpaired) electrons. The van der Waals surface area contributed by atoms with Crippen molar-refractivity contribution in [2.75, 3.05) is 13.1 Å². The van der Waals surface area contributed by atoms with Gasteiger partial charge >= 0.3 is 0 Å². The first-order chi connectivity index (χ1) is 14.0. The normalized spacial score (nSPS) is 21.2. The Balaban J connectivity index is 1.59. The van der Waals surface area contributed by atoms with E-state index < -0.39 is 0 Å². The molecule has 4 rings (SSSR count). The van der Waals surface area contributed by atoms with Crippen molar-refractivity contribution in [3.63, 3.8) is 0 Å². The fourth-order valence-corrected chi connectivity index (χ4v) is 5.43. The van der Waals surface area contributed by atoms with Crippen molar-refractivity contribution in [1.82, 2.24) is 19.7 Å². The van der Waals surface area contributed by atoms with Crippen LogP contribution in [0.4, 0.5) is 0 Å². The highest BCUT2D eigenvalue weighted by molar-refractivity contribution is 5.79. The van der Waals surface area contributed by atoms with Crippen molar-refractivity contribution in [2.45, 2.75) is 71.8 Å². The zero-order chi connectivity index (χ0) is 20.4. The van der Waals surface area contributed by atoms with Gasteiger partial charge in [-0.3, -0.25) is 4.79 Å². The third-order valence-electron chi connectivity index (χ3n) is 6.97. The number of aromatic nitrogens is 3. The Morgan fingerprint density at radius 1 is 1.21 bits per heavy atom. The van der Waals surface area contributed by atoms with Crippen LogP contribution in [0.1, 0.15) is 68.8 Å². The Morgan fingerprint density at radius 2 is 1.97 bits per heavy atom. The number of aryl methyl sites for hydroxylation is 1. The molecule has 2 fully saturated rings. The summed E-state index contributed by atoms with van der Waals surface area (Å²) < 4.78 is 2.24. The Bertz CT molecular complexity index is 850. The number of amides is 1. The summed E-state index contributed by atoms with van der Waals surface area (Å²) in [6.07, 6.45) is 8.59. The molecule has 1 aromatic heterocycles. The van der Waals surface area contributed by atoms with Gasteiger partial charge in [-0.15, -0.1) is 10.2 Å². The molecule has 0 bridgehead atoms. The average Bonchev–Trinajstić information content (AvgIpc) is 3.28. The van der Waals surface area contributed by atoms with Gasteiger partial charge in [-0.05, 0) is 42.2 Å². The van der Waals surface area contributed by atoms with Gasteiger partial charge in [0.2, 0.25) is 5.91 Å². The number of carbonyl (C=O) groups excluding carboxylic acids is 1. The Labute approximate surface area is 174 Å². The van der Waals surface area contributed by atoms with Gasteiger partial charge in [-0.25, -0.2) is 0 Å². The van der Waals surface area contributed by atoms with Gasteiger partial charge in [0.1, 0.15) is 12.2 Å². The van der Waals surface area contributed by atoms with E-state index in [2.05, 4.69) is 52.6 Å². The van der Waals surface area contributed by atoms with Gasteiger partial charge in [0.25, 0.3) is 0 Å². The van der Waals surface area contributed by atoms with E-state index in [1.165, 1.54) is 37.7 Å². The lowest BCUT2D eigenvalue weighted by molar-refractivity contribution is -0.130. The zero-order valence-electron chi connectivity index (χ0n) is 18.1. The van der Waals surface area contributed by atoms with E-state index in [4.69, 9.17) is 0 Å². The standard InChI is InChI=1S/C24H34N4O/c1-18(2)14-28-17-25-26-23(28)21-15-27(16-24(21)11-7-4-8-12-24)22(29)13-20-10-6-5-9-19(20)3/h5-6,9-10,17-18,21H,4,7-8,11-16H2,1-3H3. The van der Waals surface area contributed by atoms with Crippen LogP contribution in [0.15, 0.2) is 30.6 Å².